The van der Waals surface area contributed by atoms with Crippen molar-refractivity contribution in [2.45, 2.75) is 6.92 Å². The highest BCUT2D eigenvalue weighted by Crippen LogP contribution is 2.38. The summed E-state index contributed by atoms with van der Waals surface area (Å²) in [6, 6.07) is 3.59. The second-order valence-corrected chi connectivity index (χ2v) is 3.98. The van der Waals surface area contributed by atoms with Crippen molar-refractivity contribution < 1.29 is 19.4 Å². The maximum atomic E-state index is 11.1. The van der Waals surface area contributed by atoms with Crippen molar-refractivity contribution >= 4 is 5.97 Å². The Morgan fingerprint density at radius 1 is 1.39 bits per heavy atom. The van der Waals surface area contributed by atoms with Crippen LogP contribution in [0.4, 0.5) is 0 Å². The van der Waals surface area contributed by atoms with Crippen LogP contribution in [0.5, 0.6) is 11.5 Å². The van der Waals surface area contributed by atoms with Crippen molar-refractivity contribution in [3.63, 3.8) is 0 Å². The van der Waals surface area contributed by atoms with Crippen molar-refractivity contribution in [1.29, 1.82) is 0 Å². The summed E-state index contributed by atoms with van der Waals surface area (Å²) in [4.78, 5) is 11.1. The molecule has 2 N–H and O–H groups in total. The van der Waals surface area contributed by atoms with E-state index in [0.29, 0.717) is 17.2 Å². The van der Waals surface area contributed by atoms with Crippen LogP contribution in [0.1, 0.15) is 15.9 Å². The van der Waals surface area contributed by atoms with Gasteiger partial charge in [-0.05, 0) is 24.6 Å². The minimum Gasteiger partial charge on any atom is -0.478 e. The molecular weight excluding hydrogens is 236 g/mol. The first-order valence-corrected chi connectivity index (χ1v) is 5.34. The Balaban J connectivity index is 2.17. The average Bonchev–Trinajstić information content (AvgIpc) is 2.94. The van der Waals surface area contributed by atoms with Crippen LogP contribution in [0.2, 0.25) is 0 Å². The largest absolute Gasteiger partial charge is 0.478 e. The molecule has 2 aromatic rings. The molecule has 1 aromatic carbocycles. The van der Waals surface area contributed by atoms with Gasteiger partial charge in [0.25, 0.3) is 0 Å². The van der Waals surface area contributed by atoms with Crippen LogP contribution < -0.4 is 9.47 Å². The lowest BCUT2D eigenvalue weighted by Gasteiger charge is -2.06. The van der Waals surface area contributed by atoms with Gasteiger partial charge in [0.05, 0.1) is 11.9 Å². The fourth-order valence-corrected chi connectivity index (χ4v) is 1.97. The number of rotatable bonds is 2. The van der Waals surface area contributed by atoms with Gasteiger partial charge in [0.15, 0.2) is 11.5 Å². The Hall–Kier alpha value is -2.50. The smallest absolute Gasteiger partial charge is 0.339 e. The predicted molar refractivity (Wildman–Crippen MR) is 61.8 cm³/mol. The Bertz CT molecular complexity index is 633. The Morgan fingerprint density at radius 2 is 2.11 bits per heavy atom. The topological polar surface area (TPSA) is 84.4 Å². The van der Waals surface area contributed by atoms with E-state index in [2.05, 4.69) is 10.2 Å². The van der Waals surface area contributed by atoms with E-state index in [1.165, 1.54) is 6.20 Å². The molecule has 92 valence electrons. The van der Waals surface area contributed by atoms with Crippen molar-refractivity contribution in [3.8, 4) is 22.8 Å². The summed E-state index contributed by atoms with van der Waals surface area (Å²) < 4.78 is 10.6. The fourth-order valence-electron chi connectivity index (χ4n) is 1.97. The number of aromatic carboxylic acids is 1. The van der Waals surface area contributed by atoms with Gasteiger partial charge in [-0.3, -0.25) is 5.10 Å². The fraction of sp³-hybridized carbons (Fsp3) is 0.167. The zero-order chi connectivity index (χ0) is 12.7. The molecule has 6 heteroatoms. The van der Waals surface area contributed by atoms with Gasteiger partial charge in [-0.25, -0.2) is 4.79 Å². The number of fused-ring (bicyclic) bond motifs is 1. The molecule has 0 fully saturated rings. The molecule has 0 unspecified atom stereocenters. The number of carboxylic acids is 1. The summed E-state index contributed by atoms with van der Waals surface area (Å²) in [5, 5.41) is 15.6. The number of carboxylic acid groups (broad SMARTS) is 1. The molecule has 0 radical (unpaired) electrons. The summed E-state index contributed by atoms with van der Waals surface area (Å²) in [5.41, 5.74) is 2.25. The third kappa shape index (κ3) is 1.50. The number of nitrogens with one attached hydrogen (secondary N) is 1. The van der Waals surface area contributed by atoms with Gasteiger partial charge in [-0.15, -0.1) is 0 Å². The number of aromatic amines is 1. The number of nitrogens with zero attached hydrogens (tertiary/aromatic N) is 1. The number of aryl methyl sites for hydroxylation is 1. The molecule has 2 heterocycles. The molecule has 0 saturated carbocycles. The van der Waals surface area contributed by atoms with E-state index in [1.54, 1.807) is 6.07 Å². The van der Waals surface area contributed by atoms with Crippen LogP contribution in [0.25, 0.3) is 11.3 Å². The van der Waals surface area contributed by atoms with Crippen molar-refractivity contribution in [2.24, 2.45) is 0 Å². The molecule has 0 bridgehead atoms. The first-order valence-electron chi connectivity index (χ1n) is 5.34. The first-order chi connectivity index (χ1) is 8.66. The number of aromatic nitrogens is 2. The van der Waals surface area contributed by atoms with Gasteiger partial charge in [0.1, 0.15) is 5.56 Å². The maximum absolute atomic E-state index is 11.1. The number of carbonyl (C=O) groups is 1. The highest BCUT2D eigenvalue weighted by Gasteiger charge is 2.20. The zero-order valence-electron chi connectivity index (χ0n) is 9.56. The molecule has 18 heavy (non-hydrogen) atoms. The summed E-state index contributed by atoms with van der Waals surface area (Å²) >= 11 is 0. The van der Waals surface area contributed by atoms with Crippen LogP contribution in [-0.4, -0.2) is 28.1 Å². The van der Waals surface area contributed by atoms with Gasteiger partial charge in [0, 0.05) is 5.56 Å². The van der Waals surface area contributed by atoms with Gasteiger partial charge in [0.2, 0.25) is 6.79 Å². The average molecular weight is 246 g/mol. The Morgan fingerprint density at radius 3 is 2.83 bits per heavy atom. The molecule has 0 atom stereocenters. The number of hydrogen-bond acceptors (Lipinski definition) is 4. The van der Waals surface area contributed by atoms with Crippen molar-refractivity contribution in [1.82, 2.24) is 10.2 Å². The Kier molecular flexibility index (Phi) is 2.22. The summed E-state index contributed by atoms with van der Waals surface area (Å²) in [5.74, 6) is 0.269. The normalized spacial score (nSPS) is 12.7. The molecule has 1 aliphatic heterocycles. The van der Waals surface area contributed by atoms with Crippen LogP contribution in [0.15, 0.2) is 18.3 Å². The number of ether oxygens (including phenoxy) is 2. The van der Waals surface area contributed by atoms with Crippen LogP contribution in [-0.2, 0) is 0 Å². The highest BCUT2D eigenvalue weighted by molar-refractivity contribution is 5.95. The van der Waals surface area contributed by atoms with E-state index in [0.717, 1.165) is 11.1 Å². The van der Waals surface area contributed by atoms with Crippen molar-refractivity contribution in [3.05, 3.63) is 29.5 Å². The SMILES string of the molecule is Cc1cc2c(cc1-c1[nH]ncc1C(=O)O)OCO2. The molecule has 3 rings (SSSR count). The van der Waals surface area contributed by atoms with E-state index < -0.39 is 5.97 Å². The van der Waals surface area contributed by atoms with Crippen LogP contribution in [0.3, 0.4) is 0 Å². The third-order valence-electron chi connectivity index (χ3n) is 2.86. The summed E-state index contributed by atoms with van der Waals surface area (Å²) in [6.07, 6.45) is 1.29. The molecule has 0 amide bonds. The second-order valence-electron chi connectivity index (χ2n) is 3.98. The second kappa shape index (κ2) is 3.76. The zero-order valence-corrected chi connectivity index (χ0v) is 9.56. The third-order valence-corrected chi connectivity index (χ3v) is 2.86. The van der Waals surface area contributed by atoms with Crippen molar-refractivity contribution in [2.75, 3.05) is 6.79 Å². The lowest BCUT2D eigenvalue weighted by molar-refractivity contribution is 0.0698. The molecule has 0 spiro atoms. The standard InChI is InChI=1S/C12H10N2O4/c1-6-2-9-10(18-5-17-9)3-7(6)11-8(12(15)16)4-13-14-11/h2-4H,5H2,1H3,(H,13,14)(H,15,16). The molecule has 6 nitrogen and oxygen atoms in total. The molecule has 0 saturated heterocycles. The number of hydrogen-bond donors (Lipinski definition) is 2. The van der Waals surface area contributed by atoms with Gasteiger partial charge in [-0.1, -0.05) is 0 Å². The molecular formula is C12H10N2O4. The van der Waals surface area contributed by atoms with E-state index >= 15 is 0 Å². The summed E-state index contributed by atoms with van der Waals surface area (Å²) in [7, 11) is 0. The molecule has 1 aromatic heterocycles. The monoisotopic (exact) mass is 246 g/mol. The highest BCUT2D eigenvalue weighted by atomic mass is 16.7. The van der Waals surface area contributed by atoms with E-state index in [9.17, 15) is 4.79 Å². The van der Waals surface area contributed by atoms with E-state index in [-0.39, 0.29) is 12.4 Å². The molecule has 1 aliphatic rings. The first kappa shape index (κ1) is 10.6. The minimum absolute atomic E-state index is 0.136. The minimum atomic E-state index is -1.02. The Labute approximate surface area is 102 Å². The van der Waals surface area contributed by atoms with Crippen LogP contribution >= 0.6 is 0 Å². The van der Waals surface area contributed by atoms with Gasteiger partial charge < -0.3 is 14.6 Å². The lowest BCUT2D eigenvalue weighted by atomic mass is 10.0. The van der Waals surface area contributed by atoms with E-state index in [4.69, 9.17) is 14.6 Å². The van der Waals surface area contributed by atoms with Gasteiger partial charge >= 0.3 is 5.97 Å². The lowest BCUT2D eigenvalue weighted by Crippen LogP contribution is -1.97. The van der Waals surface area contributed by atoms with E-state index in [1.807, 2.05) is 13.0 Å². The number of benzene rings is 1. The predicted octanol–water partition coefficient (Wildman–Crippen LogP) is 1.81. The molecule has 0 aliphatic carbocycles. The van der Waals surface area contributed by atoms with Crippen LogP contribution in [0, 0.1) is 6.92 Å². The quantitative estimate of drug-likeness (QED) is 0.844. The number of H-pyrrole nitrogens is 1. The summed E-state index contributed by atoms with van der Waals surface area (Å²) in [6.45, 7) is 2.07. The van der Waals surface area contributed by atoms with Gasteiger partial charge in [-0.2, -0.15) is 5.10 Å². The maximum Gasteiger partial charge on any atom is 0.339 e.